The zero-order valence-corrected chi connectivity index (χ0v) is 7.49. The van der Waals surface area contributed by atoms with Gasteiger partial charge in [0.25, 0.3) is 0 Å². The maximum absolute atomic E-state index is 8.52. The summed E-state index contributed by atoms with van der Waals surface area (Å²) >= 11 is 5.80. The number of benzene rings is 1. The summed E-state index contributed by atoms with van der Waals surface area (Å²) in [6, 6.07) is 7.53. The number of nitriles is 1. The summed E-state index contributed by atoms with van der Waals surface area (Å²) in [4.78, 5) is 0. The second-order valence-corrected chi connectivity index (χ2v) is 3.10. The molecule has 1 aromatic heterocycles. The van der Waals surface area contributed by atoms with Crippen molar-refractivity contribution >= 4 is 22.5 Å². The van der Waals surface area contributed by atoms with Crippen LogP contribution < -0.4 is 0 Å². The van der Waals surface area contributed by atoms with Gasteiger partial charge in [0.15, 0.2) is 0 Å². The van der Waals surface area contributed by atoms with Crippen LogP contribution in [0.5, 0.6) is 0 Å². The molecule has 0 spiro atoms. The molecule has 1 heterocycles. The van der Waals surface area contributed by atoms with Gasteiger partial charge in [0.2, 0.25) is 0 Å². The van der Waals surface area contributed by atoms with Gasteiger partial charge >= 0.3 is 0 Å². The van der Waals surface area contributed by atoms with Crippen LogP contribution in [0.4, 0.5) is 0 Å². The third-order valence-electron chi connectivity index (χ3n) is 1.82. The van der Waals surface area contributed by atoms with Gasteiger partial charge < -0.3 is 0 Å². The lowest BCUT2D eigenvalue weighted by molar-refractivity contribution is 0.736. The molecule has 0 atom stereocenters. The van der Waals surface area contributed by atoms with Crippen molar-refractivity contribution < 1.29 is 0 Å². The normalized spacial score (nSPS) is 10.2. The van der Waals surface area contributed by atoms with Gasteiger partial charge in [-0.05, 0) is 18.2 Å². The van der Waals surface area contributed by atoms with Crippen molar-refractivity contribution in [3.8, 4) is 6.07 Å². The minimum absolute atomic E-state index is 0.269. The first kappa shape index (κ1) is 8.09. The number of halogens is 1. The van der Waals surface area contributed by atoms with Crippen molar-refractivity contribution in [3.63, 3.8) is 0 Å². The highest BCUT2D eigenvalue weighted by molar-refractivity contribution is 6.31. The molecule has 4 heteroatoms. The summed E-state index contributed by atoms with van der Waals surface area (Å²) < 4.78 is 1.64. The lowest BCUT2D eigenvalue weighted by Crippen LogP contribution is -1.96. The Bertz CT molecular complexity index is 481. The average molecular weight is 192 g/mol. The van der Waals surface area contributed by atoms with E-state index in [1.54, 1.807) is 16.9 Å². The lowest BCUT2D eigenvalue weighted by atomic mass is 10.2. The van der Waals surface area contributed by atoms with Crippen LogP contribution >= 0.6 is 11.6 Å². The van der Waals surface area contributed by atoms with E-state index in [0.717, 1.165) is 10.9 Å². The highest BCUT2D eigenvalue weighted by Gasteiger charge is 2.01. The second kappa shape index (κ2) is 3.08. The van der Waals surface area contributed by atoms with Gasteiger partial charge in [0.05, 0.1) is 17.8 Å². The molecular weight excluding hydrogens is 186 g/mol. The summed E-state index contributed by atoms with van der Waals surface area (Å²) in [6.07, 6.45) is 1.71. The molecular formula is C9H6ClN3. The van der Waals surface area contributed by atoms with Crippen LogP contribution in [-0.4, -0.2) is 9.78 Å². The number of aromatic nitrogens is 2. The first-order valence-electron chi connectivity index (χ1n) is 3.79. The SMILES string of the molecule is N#CCn1ncc2cc(Cl)ccc21. The lowest BCUT2D eigenvalue weighted by Gasteiger charge is -1.95. The third kappa shape index (κ3) is 1.36. The number of nitrogens with zero attached hydrogens (tertiary/aromatic N) is 3. The van der Waals surface area contributed by atoms with Crippen LogP contribution in [0.15, 0.2) is 24.4 Å². The largest absolute Gasteiger partial charge is 0.251 e. The molecule has 0 saturated heterocycles. The molecule has 1 aromatic carbocycles. The quantitative estimate of drug-likeness (QED) is 0.694. The van der Waals surface area contributed by atoms with Gasteiger partial charge in [0, 0.05) is 10.4 Å². The van der Waals surface area contributed by atoms with Gasteiger partial charge in [-0.25, -0.2) is 0 Å². The molecule has 0 amide bonds. The Kier molecular flexibility index (Phi) is 1.91. The monoisotopic (exact) mass is 191 g/mol. The van der Waals surface area contributed by atoms with Crippen molar-refractivity contribution in [1.82, 2.24) is 9.78 Å². The van der Waals surface area contributed by atoms with Crippen molar-refractivity contribution in [2.45, 2.75) is 6.54 Å². The number of rotatable bonds is 1. The van der Waals surface area contributed by atoms with Gasteiger partial charge in [-0.2, -0.15) is 10.4 Å². The molecule has 0 unspecified atom stereocenters. The third-order valence-corrected chi connectivity index (χ3v) is 2.06. The van der Waals surface area contributed by atoms with E-state index in [1.807, 2.05) is 18.2 Å². The van der Waals surface area contributed by atoms with Crippen LogP contribution in [0.1, 0.15) is 0 Å². The Morgan fingerprint density at radius 1 is 1.54 bits per heavy atom. The zero-order valence-electron chi connectivity index (χ0n) is 6.74. The van der Waals surface area contributed by atoms with Crippen molar-refractivity contribution in [1.29, 1.82) is 5.26 Å². The standard InChI is InChI=1S/C9H6ClN3/c10-8-1-2-9-7(5-8)6-12-13(9)4-3-11/h1-2,5-6H,4H2. The van der Waals surface area contributed by atoms with Crippen LogP contribution in [0.25, 0.3) is 10.9 Å². The minimum atomic E-state index is 0.269. The molecule has 0 fully saturated rings. The summed E-state index contributed by atoms with van der Waals surface area (Å²) in [5.41, 5.74) is 0.936. The molecule has 2 rings (SSSR count). The summed E-state index contributed by atoms with van der Waals surface area (Å²) in [7, 11) is 0. The second-order valence-electron chi connectivity index (χ2n) is 2.66. The molecule has 0 aliphatic rings. The molecule has 2 aromatic rings. The molecule has 0 N–H and O–H groups in total. The highest BCUT2D eigenvalue weighted by Crippen LogP contribution is 2.18. The molecule has 13 heavy (non-hydrogen) atoms. The van der Waals surface area contributed by atoms with Gasteiger partial charge in [0.1, 0.15) is 6.54 Å². The fourth-order valence-electron chi connectivity index (χ4n) is 1.25. The molecule has 64 valence electrons. The maximum atomic E-state index is 8.52. The van der Waals surface area contributed by atoms with E-state index in [9.17, 15) is 0 Å². The van der Waals surface area contributed by atoms with Gasteiger partial charge in [-0.15, -0.1) is 0 Å². The van der Waals surface area contributed by atoms with E-state index in [-0.39, 0.29) is 6.54 Å². The Morgan fingerprint density at radius 2 is 2.38 bits per heavy atom. The fourth-order valence-corrected chi connectivity index (χ4v) is 1.43. The van der Waals surface area contributed by atoms with Gasteiger partial charge in [-0.3, -0.25) is 4.68 Å². The molecule has 0 aliphatic carbocycles. The average Bonchev–Trinajstić information content (AvgIpc) is 2.49. The van der Waals surface area contributed by atoms with Crippen LogP contribution in [-0.2, 0) is 6.54 Å². The highest BCUT2D eigenvalue weighted by atomic mass is 35.5. The van der Waals surface area contributed by atoms with E-state index in [0.29, 0.717) is 5.02 Å². The summed E-state index contributed by atoms with van der Waals surface area (Å²) in [5.74, 6) is 0. The van der Waals surface area contributed by atoms with E-state index < -0.39 is 0 Å². The van der Waals surface area contributed by atoms with Crippen molar-refractivity contribution in [2.75, 3.05) is 0 Å². The Hall–Kier alpha value is -1.53. The minimum Gasteiger partial charge on any atom is -0.251 e. The topological polar surface area (TPSA) is 41.6 Å². The van der Waals surface area contributed by atoms with Gasteiger partial charge in [-0.1, -0.05) is 11.6 Å². The smallest absolute Gasteiger partial charge is 0.128 e. The molecule has 0 saturated carbocycles. The maximum Gasteiger partial charge on any atom is 0.128 e. The fraction of sp³-hybridized carbons (Fsp3) is 0.111. The van der Waals surface area contributed by atoms with Crippen molar-refractivity contribution in [2.24, 2.45) is 0 Å². The Balaban J connectivity index is 2.63. The van der Waals surface area contributed by atoms with E-state index in [4.69, 9.17) is 16.9 Å². The first-order valence-corrected chi connectivity index (χ1v) is 4.17. The Morgan fingerprint density at radius 3 is 3.15 bits per heavy atom. The number of hydrogen-bond acceptors (Lipinski definition) is 2. The van der Waals surface area contributed by atoms with Crippen LogP contribution in [0.2, 0.25) is 5.02 Å². The van der Waals surface area contributed by atoms with Crippen LogP contribution in [0, 0.1) is 11.3 Å². The molecule has 0 aliphatic heterocycles. The molecule has 0 bridgehead atoms. The van der Waals surface area contributed by atoms with E-state index in [1.165, 1.54) is 0 Å². The molecule has 0 radical (unpaired) electrons. The predicted molar refractivity (Wildman–Crippen MR) is 50.4 cm³/mol. The predicted octanol–water partition coefficient (Wildman–Crippen LogP) is 2.21. The first-order chi connectivity index (χ1) is 6.31. The van der Waals surface area contributed by atoms with E-state index >= 15 is 0 Å². The number of fused-ring (bicyclic) bond motifs is 1. The zero-order chi connectivity index (χ0) is 9.26. The van der Waals surface area contributed by atoms with Crippen molar-refractivity contribution in [3.05, 3.63) is 29.4 Å². The van der Waals surface area contributed by atoms with Crippen LogP contribution in [0.3, 0.4) is 0 Å². The Labute approximate surface area is 80.1 Å². The molecule has 3 nitrogen and oxygen atoms in total. The summed E-state index contributed by atoms with van der Waals surface area (Å²) in [5, 5.41) is 14.2. The number of hydrogen-bond donors (Lipinski definition) is 0. The van der Waals surface area contributed by atoms with E-state index in [2.05, 4.69) is 5.10 Å². The summed E-state index contributed by atoms with van der Waals surface area (Å²) in [6.45, 7) is 0.269.